The van der Waals surface area contributed by atoms with Crippen molar-refractivity contribution in [2.75, 3.05) is 11.9 Å². The number of rotatable bonds is 7. The molecule has 11 nitrogen and oxygen atoms in total. The van der Waals surface area contributed by atoms with E-state index in [1.807, 2.05) is 12.1 Å². The molecule has 0 unspecified atom stereocenters. The predicted octanol–water partition coefficient (Wildman–Crippen LogP) is 1.61. The molecule has 1 amide bonds. The summed E-state index contributed by atoms with van der Waals surface area (Å²) in [6.07, 6.45) is -3.17. The van der Waals surface area contributed by atoms with Crippen molar-refractivity contribution in [3.63, 3.8) is 0 Å². The van der Waals surface area contributed by atoms with Crippen molar-refractivity contribution < 1.29 is 29.3 Å². The molecule has 2 aromatic carbocycles. The first kappa shape index (κ1) is 25.0. The first-order chi connectivity index (χ1) is 18.4. The highest BCUT2D eigenvalue weighted by molar-refractivity contribution is 6.05. The molecule has 1 fully saturated rings. The number of aliphatic hydroxyl groups is 2. The van der Waals surface area contributed by atoms with Gasteiger partial charge in [0.2, 0.25) is 5.60 Å². The van der Waals surface area contributed by atoms with Crippen LogP contribution in [-0.2, 0) is 26.3 Å². The van der Waals surface area contributed by atoms with E-state index in [-0.39, 0.29) is 24.5 Å². The van der Waals surface area contributed by atoms with Gasteiger partial charge >= 0.3 is 5.97 Å². The van der Waals surface area contributed by atoms with Gasteiger partial charge in [0.1, 0.15) is 42.8 Å². The lowest BCUT2D eigenvalue weighted by atomic mass is 9.92. The fraction of sp³-hybridized carbons (Fsp3) is 0.222. The molecule has 192 valence electrons. The maximum absolute atomic E-state index is 12.6. The van der Waals surface area contributed by atoms with Gasteiger partial charge in [-0.2, -0.15) is 10.4 Å². The Bertz CT molecular complexity index is 1500. The van der Waals surface area contributed by atoms with Gasteiger partial charge in [0.05, 0.1) is 12.1 Å². The van der Waals surface area contributed by atoms with E-state index in [9.17, 15) is 25.1 Å². The summed E-state index contributed by atoms with van der Waals surface area (Å²) in [7, 11) is 0. The van der Waals surface area contributed by atoms with Crippen LogP contribution in [0.2, 0.25) is 0 Å². The molecule has 1 aliphatic rings. The van der Waals surface area contributed by atoms with Gasteiger partial charge in [-0.15, -0.1) is 0 Å². The molecule has 1 aliphatic heterocycles. The lowest BCUT2D eigenvalue weighted by molar-refractivity contribution is -0.149. The van der Waals surface area contributed by atoms with Crippen LogP contribution in [0.1, 0.15) is 21.6 Å². The number of nitrogens with one attached hydrogen (secondary N) is 1. The summed E-state index contributed by atoms with van der Waals surface area (Å²) in [6.45, 7) is -0.371. The number of aromatic nitrogens is 3. The third kappa shape index (κ3) is 4.59. The Balaban J connectivity index is 1.36. The van der Waals surface area contributed by atoms with Crippen molar-refractivity contribution >= 4 is 23.2 Å². The van der Waals surface area contributed by atoms with Gasteiger partial charge < -0.3 is 25.0 Å². The van der Waals surface area contributed by atoms with Crippen LogP contribution < -0.4 is 5.32 Å². The maximum Gasteiger partial charge on any atom is 0.310 e. The zero-order chi connectivity index (χ0) is 26.7. The molecule has 3 heterocycles. The van der Waals surface area contributed by atoms with Crippen molar-refractivity contribution in [1.29, 1.82) is 5.26 Å². The standard InChI is InChI=1S/C27H23N5O6/c28-15-27(24(35)23(34)20(38-27)14-37-22(33)13-17-7-3-1-4-8-17)21-12-11-19-25(29-16-30-32(19)21)31-26(36)18-9-5-2-6-10-18/h1-12,16,20,23-24,34-35H,13-14H2,(H,29,30,31,36)/t20-,23-,24-,27+/m1/s1. The number of aliphatic hydroxyl groups excluding tert-OH is 2. The number of amides is 1. The number of nitrogens with zero attached hydrogens (tertiary/aromatic N) is 4. The molecule has 4 atom stereocenters. The lowest BCUT2D eigenvalue weighted by Crippen LogP contribution is -2.41. The Kier molecular flexibility index (Phi) is 6.85. The average Bonchev–Trinajstić information content (AvgIpc) is 3.49. The topological polar surface area (TPSA) is 159 Å². The molecule has 5 rings (SSSR count). The van der Waals surface area contributed by atoms with Crippen molar-refractivity contribution in [3.8, 4) is 6.07 Å². The number of carbonyl (C=O) groups is 2. The van der Waals surface area contributed by atoms with E-state index in [1.165, 1.54) is 16.9 Å². The van der Waals surface area contributed by atoms with Gasteiger partial charge in [-0.05, 0) is 29.8 Å². The van der Waals surface area contributed by atoms with Crippen molar-refractivity contribution in [2.45, 2.75) is 30.3 Å². The van der Waals surface area contributed by atoms with Gasteiger partial charge in [-0.3, -0.25) is 9.59 Å². The van der Waals surface area contributed by atoms with Crippen molar-refractivity contribution in [2.24, 2.45) is 0 Å². The molecule has 3 N–H and O–H groups in total. The molecule has 2 aromatic heterocycles. The van der Waals surface area contributed by atoms with E-state index in [0.717, 1.165) is 5.56 Å². The van der Waals surface area contributed by atoms with Gasteiger partial charge in [0.15, 0.2) is 5.82 Å². The lowest BCUT2D eigenvalue weighted by Gasteiger charge is -2.24. The van der Waals surface area contributed by atoms with Crippen LogP contribution in [0, 0.1) is 11.3 Å². The third-order valence-electron chi connectivity index (χ3n) is 6.32. The van der Waals surface area contributed by atoms with E-state index < -0.39 is 35.8 Å². The second-order valence-corrected chi connectivity index (χ2v) is 8.73. The number of nitriles is 1. The van der Waals surface area contributed by atoms with E-state index >= 15 is 0 Å². The summed E-state index contributed by atoms with van der Waals surface area (Å²) in [5.41, 5.74) is -0.405. The first-order valence-corrected chi connectivity index (χ1v) is 11.8. The number of benzene rings is 2. The SMILES string of the molecule is N#C[C@@]1(c2ccc3c(NC(=O)c4ccccc4)ncnn23)O[C@H](COC(=O)Cc2ccccc2)[C@@H](O)[C@H]1O. The minimum atomic E-state index is -2.03. The molecule has 0 bridgehead atoms. The number of esters is 1. The Morgan fingerprint density at radius 1 is 1.08 bits per heavy atom. The van der Waals surface area contributed by atoms with Crippen LogP contribution in [-0.4, -0.2) is 61.6 Å². The normalized spacial score (nSPS) is 22.6. The summed E-state index contributed by atoms with van der Waals surface area (Å²) in [5.74, 6) is -0.767. The second kappa shape index (κ2) is 10.4. The summed E-state index contributed by atoms with van der Waals surface area (Å²) in [4.78, 5) is 29.1. The summed E-state index contributed by atoms with van der Waals surface area (Å²) < 4.78 is 12.4. The zero-order valence-corrected chi connectivity index (χ0v) is 20.0. The molecule has 0 aliphatic carbocycles. The monoisotopic (exact) mass is 513 g/mol. The van der Waals surface area contributed by atoms with Crippen molar-refractivity contribution in [1.82, 2.24) is 14.6 Å². The van der Waals surface area contributed by atoms with Gasteiger partial charge in [0.25, 0.3) is 5.91 Å². The van der Waals surface area contributed by atoms with Crippen LogP contribution in [0.25, 0.3) is 5.52 Å². The Hall–Kier alpha value is -4.63. The highest BCUT2D eigenvalue weighted by Crippen LogP contribution is 2.40. The van der Waals surface area contributed by atoms with Crippen LogP contribution >= 0.6 is 0 Å². The number of hydrogen-bond acceptors (Lipinski definition) is 9. The smallest absolute Gasteiger partial charge is 0.310 e. The summed E-state index contributed by atoms with van der Waals surface area (Å²) in [5, 5.41) is 38.6. The molecule has 0 radical (unpaired) electrons. The number of anilines is 1. The first-order valence-electron chi connectivity index (χ1n) is 11.8. The second-order valence-electron chi connectivity index (χ2n) is 8.73. The van der Waals surface area contributed by atoms with Crippen LogP contribution in [0.4, 0.5) is 5.82 Å². The van der Waals surface area contributed by atoms with Crippen LogP contribution in [0.5, 0.6) is 0 Å². The molecular formula is C27H23N5O6. The summed E-state index contributed by atoms with van der Waals surface area (Å²) >= 11 is 0. The minimum absolute atomic E-state index is 0.0212. The van der Waals surface area contributed by atoms with Gasteiger partial charge in [-0.1, -0.05) is 48.5 Å². The zero-order valence-electron chi connectivity index (χ0n) is 20.0. The fourth-order valence-electron chi connectivity index (χ4n) is 4.39. The minimum Gasteiger partial charge on any atom is -0.463 e. The average molecular weight is 514 g/mol. The molecule has 0 spiro atoms. The molecule has 11 heteroatoms. The molecule has 38 heavy (non-hydrogen) atoms. The van der Waals surface area contributed by atoms with E-state index in [0.29, 0.717) is 11.1 Å². The van der Waals surface area contributed by atoms with E-state index in [4.69, 9.17) is 9.47 Å². The number of carbonyl (C=O) groups excluding carboxylic acids is 2. The Morgan fingerprint density at radius 2 is 1.79 bits per heavy atom. The Morgan fingerprint density at radius 3 is 2.50 bits per heavy atom. The maximum atomic E-state index is 12.6. The van der Waals surface area contributed by atoms with E-state index in [2.05, 4.69) is 15.4 Å². The fourth-order valence-corrected chi connectivity index (χ4v) is 4.39. The largest absolute Gasteiger partial charge is 0.463 e. The van der Waals surface area contributed by atoms with Crippen molar-refractivity contribution in [3.05, 3.63) is 95.9 Å². The van der Waals surface area contributed by atoms with Gasteiger partial charge in [0, 0.05) is 5.56 Å². The number of hydrogen-bond donors (Lipinski definition) is 3. The third-order valence-corrected chi connectivity index (χ3v) is 6.32. The van der Waals surface area contributed by atoms with Crippen LogP contribution in [0.3, 0.4) is 0 Å². The molecule has 4 aromatic rings. The molecule has 1 saturated heterocycles. The van der Waals surface area contributed by atoms with Crippen LogP contribution in [0.15, 0.2) is 79.1 Å². The van der Waals surface area contributed by atoms with E-state index in [1.54, 1.807) is 60.7 Å². The highest BCUT2D eigenvalue weighted by atomic mass is 16.6. The molecular weight excluding hydrogens is 490 g/mol. The molecule has 0 saturated carbocycles. The summed E-state index contributed by atoms with van der Waals surface area (Å²) in [6, 6.07) is 22.6. The number of fused-ring (bicyclic) bond motifs is 1. The quantitative estimate of drug-likeness (QED) is 0.312. The van der Waals surface area contributed by atoms with Gasteiger partial charge in [-0.25, -0.2) is 9.50 Å². The highest BCUT2D eigenvalue weighted by Gasteiger charge is 2.57. The predicted molar refractivity (Wildman–Crippen MR) is 133 cm³/mol. The number of ether oxygens (including phenoxy) is 2. The Labute approximate surface area is 216 Å².